The van der Waals surface area contributed by atoms with Crippen molar-refractivity contribution in [2.24, 2.45) is 0 Å². The molecule has 4 heterocycles. The van der Waals surface area contributed by atoms with Crippen LogP contribution in [0.3, 0.4) is 0 Å². The summed E-state index contributed by atoms with van der Waals surface area (Å²) in [6.45, 7) is 14.5. The number of thiophene rings is 1. The molecule has 1 aliphatic heterocycles. The number of aromatic nitrogens is 3. The molecule has 8 heteroatoms. The summed E-state index contributed by atoms with van der Waals surface area (Å²) in [7, 11) is 0. The van der Waals surface area contributed by atoms with Gasteiger partial charge in [-0.15, -0.1) is 11.3 Å². The minimum atomic E-state index is 0.0418. The number of nitrogens with one attached hydrogen (secondary N) is 1. The molecule has 7 nitrogen and oxygen atoms in total. The van der Waals surface area contributed by atoms with Crippen LogP contribution in [0.25, 0.3) is 10.2 Å². The molecule has 28 heavy (non-hydrogen) atoms. The molecular formula is C20H27N5O2S. The molecule has 1 atom stereocenters. The maximum atomic E-state index is 5.46. The Morgan fingerprint density at radius 3 is 2.57 bits per heavy atom. The molecule has 0 spiro atoms. The van der Waals surface area contributed by atoms with Gasteiger partial charge in [-0.05, 0) is 40.2 Å². The first-order chi connectivity index (χ1) is 13.4. The van der Waals surface area contributed by atoms with Gasteiger partial charge in [-0.3, -0.25) is 4.90 Å². The SMILES string of the molecule is Cc1noc(C)c1C(C)Nc1nc(CN2CCOCC2)nc2sc(C)c(C)c12. The Kier molecular flexibility index (Phi) is 5.35. The van der Waals surface area contributed by atoms with Crippen LogP contribution in [0.2, 0.25) is 0 Å². The Hall–Kier alpha value is -2.03. The van der Waals surface area contributed by atoms with Crippen LogP contribution in [0.5, 0.6) is 0 Å². The highest BCUT2D eigenvalue weighted by Gasteiger charge is 2.21. The number of rotatable bonds is 5. The van der Waals surface area contributed by atoms with Crippen molar-refractivity contribution >= 4 is 27.4 Å². The predicted octanol–water partition coefficient (Wildman–Crippen LogP) is 3.92. The van der Waals surface area contributed by atoms with E-state index in [1.165, 1.54) is 10.4 Å². The maximum absolute atomic E-state index is 5.46. The number of nitrogens with zero attached hydrogens (tertiary/aromatic N) is 4. The molecule has 3 aromatic heterocycles. The van der Waals surface area contributed by atoms with Gasteiger partial charge in [0.1, 0.15) is 22.2 Å². The lowest BCUT2D eigenvalue weighted by molar-refractivity contribution is 0.0331. The zero-order chi connectivity index (χ0) is 19.8. The van der Waals surface area contributed by atoms with Gasteiger partial charge in [0.25, 0.3) is 0 Å². The summed E-state index contributed by atoms with van der Waals surface area (Å²) in [5, 5.41) is 8.82. The van der Waals surface area contributed by atoms with Crippen LogP contribution in [0.4, 0.5) is 5.82 Å². The van der Waals surface area contributed by atoms with E-state index in [-0.39, 0.29) is 6.04 Å². The van der Waals surface area contributed by atoms with Crippen molar-refractivity contribution in [2.75, 3.05) is 31.6 Å². The lowest BCUT2D eigenvalue weighted by Gasteiger charge is -2.26. The smallest absolute Gasteiger partial charge is 0.146 e. The van der Waals surface area contributed by atoms with Crippen molar-refractivity contribution in [3.05, 3.63) is 33.3 Å². The normalized spacial score (nSPS) is 16.6. The summed E-state index contributed by atoms with van der Waals surface area (Å²) in [6, 6.07) is 0.0418. The second-order valence-corrected chi connectivity index (χ2v) is 8.65. The number of hydrogen-bond acceptors (Lipinski definition) is 8. The third-order valence-electron chi connectivity index (χ3n) is 5.42. The number of morpholine rings is 1. The van der Waals surface area contributed by atoms with Crippen LogP contribution < -0.4 is 5.32 Å². The fraction of sp³-hybridized carbons (Fsp3) is 0.550. The molecular weight excluding hydrogens is 374 g/mol. The highest BCUT2D eigenvalue weighted by Crippen LogP contribution is 2.35. The van der Waals surface area contributed by atoms with Crippen LogP contribution in [0.15, 0.2) is 4.52 Å². The van der Waals surface area contributed by atoms with Gasteiger partial charge in [0, 0.05) is 23.5 Å². The number of fused-ring (bicyclic) bond motifs is 1. The minimum Gasteiger partial charge on any atom is -0.379 e. The summed E-state index contributed by atoms with van der Waals surface area (Å²) < 4.78 is 10.8. The van der Waals surface area contributed by atoms with Crippen LogP contribution in [-0.2, 0) is 11.3 Å². The first-order valence-corrected chi connectivity index (χ1v) is 10.5. The van der Waals surface area contributed by atoms with Crippen LogP contribution in [-0.4, -0.2) is 46.3 Å². The zero-order valence-electron chi connectivity index (χ0n) is 17.1. The van der Waals surface area contributed by atoms with Crippen molar-refractivity contribution in [2.45, 2.75) is 47.2 Å². The van der Waals surface area contributed by atoms with Gasteiger partial charge in [0.2, 0.25) is 0 Å². The van der Waals surface area contributed by atoms with Crippen molar-refractivity contribution < 1.29 is 9.26 Å². The molecule has 0 aromatic carbocycles. The van der Waals surface area contributed by atoms with E-state index in [4.69, 9.17) is 19.2 Å². The summed E-state index contributed by atoms with van der Waals surface area (Å²) in [4.78, 5) is 14.5. The molecule has 0 radical (unpaired) electrons. The zero-order valence-corrected chi connectivity index (χ0v) is 17.9. The lowest BCUT2D eigenvalue weighted by Crippen LogP contribution is -2.36. The Balaban J connectivity index is 1.70. The molecule has 0 bridgehead atoms. The molecule has 0 saturated carbocycles. The van der Waals surface area contributed by atoms with E-state index in [0.29, 0.717) is 0 Å². The van der Waals surface area contributed by atoms with Crippen LogP contribution in [0.1, 0.15) is 46.2 Å². The van der Waals surface area contributed by atoms with Crippen molar-refractivity contribution in [3.8, 4) is 0 Å². The fourth-order valence-electron chi connectivity index (χ4n) is 3.81. The van der Waals surface area contributed by atoms with Gasteiger partial charge in [0.05, 0.1) is 36.9 Å². The molecule has 1 N–H and O–H groups in total. The Bertz CT molecular complexity index is 971. The third-order valence-corrected chi connectivity index (χ3v) is 6.52. The summed E-state index contributed by atoms with van der Waals surface area (Å²) in [5.41, 5.74) is 3.24. The third kappa shape index (κ3) is 3.64. The van der Waals surface area contributed by atoms with Crippen LogP contribution in [0, 0.1) is 27.7 Å². The van der Waals surface area contributed by atoms with Gasteiger partial charge < -0.3 is 14.6 Å². The molecule has 1 fully saturated rings. The Labute approximate surface area is 169 Å². The maximum Gasteiger partial charge on any atom is 0.146 e. The Morgan fingerprint density at radius 1 is 1.14 bits per heavy atom. The van der Waals surface area contributed by atoms with Crippen molar-refractivity contribution in [3.63, 3.8) is 0 Å². The standard InChI is InChI=1S/C20H27N5O2S/c1-11-15(5)28-20-17(11)19(21-12(2)18-13(3)24-27-14(18)4)22-16(23-20)10-25-6-8-26-9-7-25/h12H,6-10H2,1-5H3,(H,21,22,23). The van der Waals surface area contributed by atoms with E-state index in [0.717, 1.165) is 71.7 Å². The fourth-order valence-corrected chi connectivity index (χ4v) is 4.86. The van der Waals surface area contributed by atoms with Gasteiger partial charge >= 0.3 is 0 Å². The highest BCUT2D eigenvalue weighted by atomic mass is 32.1. The van der Waals surface area contributed by atoms with E-state index in [1.54, 1.807) is 11.3 Å². The van der Waals surface area contributed by atoms with Crippen LogP contribution >= 0.6 is 11.3 Å². The molecule has 0 aliphatic carbocycles. The lowest BCUT2D eigenvalue weighted by atomic mass is 10.1. The van der Waals surface area contributed by atoms with Crippen molar-refractivity contribution in [1.29, 1.82) is 0 Å². The van der Waals surface area contributed by atoms with Gasteiger partial charge in [-0.25, -0.2) is 9.97 Å². The van der Waals surface area contributed by atoms with Gasteiger partial charge in [-0.2, -0.15) is 0 Å². The molecule has 0 amide bonds. The second-order valence-electron chi connectivity index (χ2n) is 7.44. The molecule has 1 aliphatic rings. The van der Waals surface area contributed by atoms with Gasteiger partial charge in [-0.1, -0.05) is 5.16 Å². The van der Waals surface area contributed by atoms with E-state index in [9.17, 15) is 0 Å². The number of ether oxygens (including phenoxy) is 1. The van der Waals surface area contributed by atoms with E-state index >= 15 is 0 Å². The number of aryl methyl sites for hydroxylation is 4. The number of anilines is 1. The predicted molar refractivity (Wildman–Crippen MR) is 111 cm³/mol. The topological polar surface area (TPSA) is 76.3 Å². The second kappa shape index (κ2) is 7.77. The molecule has 1 unspecified atom stereocenters. The largest absolute Gasteiger partial charge is 0.379 e. The quantitative estimate of drug-likeness (QED) is 0.694. The minimum absolute atomic E-state index is 0.0418. The first kappa shape index (κ1) is 19.3. The van der Waals surface area contributed by atoms with Crippen molar-refractivity contribution in [1.82, 2.24) is 20.0 Å². The van der Waals surface area contributed by atoms with E-state index < -0.39 is 0 Å². The summed E-state index contributed by atoms with van der Waals surface area (Å²) >= 11 is 1.73. The molecule has 3 aromatic rings. The summed E-state index contributed by atoms with van der Waals surface area (Å²) in [5.74, 6) is 2.58. The average molecular weight is 402 g/mol. The molecule has 1 saturated heterocycles. The highest BCUT2D eigenvalue weighted by molar-refractivity contribution is 7.18. The monoisotopic (exact) mass is 401 g/mol. The van der Waals surface area contributed by atoms with Gasteiger partial charge in [0.15, 0.2) is 0 Å². The van der Waals surface area contributed by atoms with E-state index in [1.807, 2.05) is 13.8 Å². The molecule has 4 rings (SSSR count). The average Bonchev–Trinajstić information content (AvgIpc) is 3.14. The number of hydrogen-bond donors (Lipinski definition) is 1. The molecule has 150 valence electrons. The first-order valence-electron chi connectivity index (χ1n) is 9.70. The van der Waals surface area contributed by atoms with E-state index in [2.05, 4.69) is 36.1 Å². The summed E-state index contributed by atoms with van der Waals surface area (Å²) in [6.07, 6.45) is 0. The Morgan fingerprint density at radius 2 is 1.89 bits per heavy atom.